The largest absolute Gasteiger partial charge is 0.383 e. The fourth-order valence-corrected chi connectivity index (χ4v) is 2.82. The molecule has 0 radical (unpaired) electrons. The van der Waals surface area contributed by atoms with Gasteiger partial charge in [-0.25, -0.2) is 12.7 Å². The molecule has 20 heavy (non-hydrogen) atoms. The summed E-state index contributed by atoms with van der Waals surface area (Å²) < 4.78 is 30.2. The quantitative estimate of drug-likeness (QED) is 0.683. The van der Waals surface area contributed by atoms with Crippen LogP contribution < -0.4 is 4.90 Å². The van der Waals surface area contributed by atoms with E-state index in [4.69, 9.17) is 16.3 Å². The highest BCUT2D eigenvalue weighted by Gasteiger charge is 2.17. The molecule has 0 fully saturated rings. The number of nitrogens with zero attached hydrogens (tertiary/aromatic N) is 2. The van der Waals surface area contributed by atoms with Gasteiger partial charge in [0.05, 0.1) is 11.5 Å². The van der Waals surface area contributed by atoms with Crippen molar-refractivity contribution in [1.29, 1.82) is 0 Å². The number of sulfonamides is 1. The maximum absolute atomic E-state index is 12.0. The summed E-state index contributed by atoms with van der Waals surface area (Å²) in [4.78, 5) is 2.34. The fourth-order valence-electron chi connectivity index (χ4n) is 1.71. The topological polar surface area (TPSA) is 49.9 Å². The molecule has 114 valence electrons. The molecular weight excluding hydrogens is 300 g/mol. The Balaban J connectivity index is 2.93. The predicted octanol–water partition coefficient (Wildman–Crippen LogP) is 1.63. The maximum Gasteiger partial charge on any atom is 0.242 e. The Hall–Kier alpha value is -0.820. The second-order valence-electron chi connectivity index (χ2n) is 4.45. The third-order valence-corrected chi connectivity index (χ3v) is 4.90. The zero-order chi connectivity index (χ0) is 15.2. The van der Waals surface area contributed by atoms with Gasteiger partial charge in [0.1, 0.15) is 0 Å². The normalized spacial score (nSPS) is 11.8. The number of anilines is 1. The van der Waals surface area contributed by atoms with Crippen molar-refractivity contribution in [2.24, 2.45) is 0 Å². The molecule has 1 aromatic rings. The number of methoxy groups -OCH3 is 1. The van der Waals surface area contributed by atoms with Crippen LogP contribution in [-0.4, -0.2) is 59.5 Å². The van der Waals surface area contributed by atoms with Gasteiger partial charge in [-0.2, -0.15) is 0 Å². The molecule has 0 saturated heterocycles. The molecular formula is C13H21ClN2O3S. The monoisotopic (exact) mass is 320 g/mol. The number of hydrogen-bond donors (Lipinski definition) is 0. The van der Waals surface area contributed by atoms with Gasteiger partial charge in [-0.1, -0.05) is 0 Å². The van der Waals surface area contributed by atoms with Crippen LogP contribution in [0.1, 0.15) is 0 Å². The molecule has 0 atom stereocenters. The van der Waals surface area contributed by atoms with Crippen molar-refractivity contribution in [1.82, 2.24) is 4.31 Å². The smallest absolute Gasteiger partial charge is 0.242 e. The Labute approximate surface area is 126 Å². The van der Waals surface area contributed by atoms with Crippen LogP contribution in [0.2, 0.25) is 0 Å². The van der Waals surface area contributed by atoms with E-state index < -0.39 is 10.0 Å². The minimum atomic E-state index is -3.38. The molecule has 1 aromatic carbocycles. The van der Waals surface area contributed by atoms with Crippen molar-refractivity contribution >= 4 is 27.3 Å². The highest BCUT2D eigenvalue weighted by atomic mass is 35.5. The van der Waals surface area contributed by atoms with E-state index in [0.29, 0.717) is 25.6 Å². The fraction of sp³-hybridized carbons (Fsp3) is 0.538. The Morgan fingerprint density at radius 2 is 1.75 bits per heavy atom. The second kappa shape index (κ2) is 7.83. The summed E-state index contributed by atoms with van der Waals surface area (Å²) >= 11 is 5.79. The zero-order valence-electron chi connectivity index (χ0n) is 12.0. The number of hydrogen-bond acceptors (Lipinski definition) is 4. The molecule has 7 heteroatoms. The van der Waals surface area contributed by atoms with Gasteiger partial charge < -0.3 is 9.64 Å². The molecule has 0 unspecified atom stereocenters. The summed E-state index contributed by atoms with van der Waals surface area (Å²) in [6, 6.07) is 6.80. The van der Waals surface area contributed by atoms with E-state index in [1.165, 1.54) is 18.4 Å². The van der Waals surface area contributed by atoms with Gasteiger partial charge >= 0.3 is 0 Å². The highest BCUT2D eigenvalue weighted by molar-refractivity contribution is 7.89. The first-order valence-corrected chi connectivity index (χ1v) is 8.23. The van der Waals surface area contributed by atoms with Gasteiger partial charge in [-0.3, -0.25) is 0 Å². The number of ether oxygens (including phenoxy) is 1. The molecule has 0 spiro atoms. The van der Waals surface area contributed by atoms with Crippen LogP contribution in [0.4, 0.5) is 5.69 Å². The van der Waals surface area contributed by atoms with Crippen LogP contribution in [0.5, 0.6) is 0 Å². The summed E-state index contributed by atoms with van der Waals surface area (Å²) in [5.41, 5.74) is 0.931. The Bertz CT molecular complexity index is 503. The van der Waals surface area contributed by atoms with Crippen molar-refractivity contribution in [3.05, 3.63) is 24.3 Å². The van der Waals surface area contributed by atoms with E-state index >= 15 is 0 Å². The van der Waals surface area contributed by atoms with Crippen LogP contribution >= 0.6 is 11.6 Å². The summed E-state index contributed by atoms with van der Waals surface area (Å²) in [6.45, 7) is 1.99. The first-order chi connectivity index (χ1) is 9.43. The lowest BCUT2D eigenvalue weighted by atomic mass is 10.3. The van der Waals surface area contributed by atoms with E-state index in [2.05, 4.69) is 4.90 Å². The molecule has 0 saturated carbocycles. The van der Waals surface area contributed by atoms with E-state index in [9.17, 15) is 8.42 Å². The number of rotatable bonds is 8. The summed E-state index contributed by atoms with van der Waals surface area (Å²) in [5.74, 6) is 0.501. The molecule has 0 aliphatic carbocycles. The van der Waals surface area contributed by atoms with Crippen molar-refractivity contribution in [2.75, 3.05) is 51.7 Å². The molecule has 0 bridgehead atoms. The van der Waals surface area contributed by atoms with Gasteiger partial charge in [-0.05, 0) is 24.3 Å². The standard InChI is InChI=1S/C13H21ClN2O3S/c1-15(2)20(17,18)13-6-4-12(5-7-13)16(9-8-14)10-11-19-3/h4-7H,8-11H2,1-3H3. The van der Waals surface area contributed by atoms with Crippen LogP contribution in [0.3, 0.4) is 0 Å². The van der Waals surface area contributed by atoms with Crippen LogP contribution in [0.15, 0.2) is 29.2 Å². The van der Waals surface area contributed by atoms with E-state index in [0.717, 1.165) is 5.69 Å². The molecule has 1 rings (SSSR count). The first kappa shape index (κ1) is 17.2. The zero-order valence-corrected chi connectivity index (χ0v) is 13.6. The third-order valence-electron chi connectivity index (χ3n) is 2.90. The summed E-state index contributed by atoms with van der Waals surface area (Å²) in [5, 5.41) is 0. The van der Waals surface area contributed by atoms with Gasteiger partial charge in [0.15, 0.2) is 0 Å². The first-order valence-electron chi connectivity index (χ1n) is 6.26. The lowest BCUT2D eigenvalue weighted by Crippen LogP contribution is -2.29. The van der Waals surface area contributed by atoms with Crippen molar-refractivity contribution in [2.45, 2.75) is 4.90 Å². The van der Waals surface area contributed by atoms with Gasteiger partial charge in [0.25, 0.3) is 0 Å². The van der Waals surface area contributed by atoms with Crippen molar-refractivity contribution in [3.8, 4) is 0 Å². The van der Waals surface area contributed by atoms with Crippen molar-refractivity contribution in [3.63, 3.8) is 0 Å². The SMILES string of the molecule is COCCN(CCCl)c1ccc(S(=O)(=O)N(C)C)cc1. The van der Waals surface area contributed by atoms with Crippen LogP contribution in [0, 0.1) is 0 Å². The Morgan fingerprint density at radius 3 is 2.20 bits per heavy atom. The van der Waals surface area contributed by atoms with Crippen LogP contribution in [-0.2, 0) is 14.8 Å². The second-order valence-corrected chi connectivity index (χ2v) is 6.98. The molecule has 0 aliphatic rings. The molecule has 0 amide bonds. The molecule has 0 aromatic heterocycles. The lowest BCUT2D eigenvalue weighted by molar-refractivity contribution is 0.205. The van der Waals surface area contributed by atoms with Crippen molar-refractivity contribution < 1.29 is 13.2 Å². The predicted molar refractivity (Wildman–Crippen MR) is 82.1 cm³/mol. The Kier molecular flexibility index (Phi) is 6.75. The number of alkyl halides is 1. The van der Waals surface area contributed by atoms with Crippen LogP contribution in [0.25, 0.3) is 0 Å². The average Bonchev–Trinajstić information content (AvgIpc) is 2.43. The van der Waals surface area contributed by atoms with E-state index in [1.807, 2.05) is 0 Å². The minimum Gasteiger partial charge on any atom is -0.383 e. The molecule has 5 nitrogen and oxygen atoms in total. The maximum atomic E-state index is 12.0. The van der Waals surface area contributed by atoms with E-state index in [-0.39, 0.29) is 4.90 Å². The molecule has 0 aliphatic heterocycles. The van der Waals surface area contributed by atoms with Gasteiger partial charge in [0, 0.05) is 45.9 Å². The number of benzene rings is 1. The summed E-state index contributed by atoms with van der Waals surface area (Å²) in [6.07, 6.45) is 0. The minimum absolute atomic E-state index is 0.281. The lowest BCUT2D eigenvalue weighted by Gasteiger charge is -2.24. The number of halogens is 1. The van der Waals surface area contributed by atoms with Gasteiger partial charge in [0.2, 0.25) is 10.0 Å². The van der Waals surface area contributed by atoms with E-state index in [1.54, 1.807) is 31.4 Å². The molecule has 0 heterocycles. The average molecular weight is 321 g/mol. The molecule has 0 N–H and O–H groups in total. The highest BCUT2D eigenvalue weighted by Crippen LogP contribution is 2.19. The van der Waals surface area contributed by atoms with Gasteiger partial charge in [-0.15, -0.1) is 11.6 Å². The summed E-state index contributed by atoms with van der Waals surface area (Å²) in [7, 11) is 1.29. The third kappa shape index (κ3) is 4.34. The Morgan fingerprint density at radius 1 is 1.15 bits per heavy atom.